The molecule has 2 aromatic rings. The molecule has 0 saturated heterocycles. The molecule has 19 heavy (non-hydrogen) atoms. The Kier molecular flexibility index (Phi) is 2.73. The van der Waals surface area contributed by atoms with Crippen molar-refractivity contribution in [2.75, 3.05) is 0 Å². The number of carbonyl (C=O) groups excluding carboxylic acids is 1. The molecule has 1 aliphatic rings. The van der Waals surface area contributed by atoms with Crippen LogP contribution in [-0.4, -0.2) is 10.4 Å². The van der Waals surface area contributed by atoms with E-state index in [1.165, 1.54) is 12.1 Å². The number of hydrogen-bond donors (Lipinski definition) is 0. The van der Waals surface area contributed by atoms with E-state index < -0.39 is 11.6 Å². The van der Waals surface area contributed by atoms with Gasteiger partial charge in [-0.1, -0.05) is 0 Å². The molecule has 0 spiro atoms. The number of carbonyl (C=O) groups is 1. The Morgan fingerprint density at radius 2 is 1.95 bits per heavy atom. The van der Waals surface area contributed by atoms with Crippen LogP contribution in [0, 0.1) is 18.6 Å². The van der Waals surface area contributed by atoms with Gasteiger partial charge >= 0.3 is 0 Å². The lowest BCUT2D eigenvalue weighted by atomic mass is 9.96. The summed E-state index contributed by atoms with van der Waals surface area (Å²) >= 11 is 0. The zero-order valence-electron chi connectivity index (χ0n) is 10.5. The number of aromatic nitrogens is 1. The summed E-state index contributed by atoms with van der Waals surface area (Å²) in [4.78, 5) is 11.9. The van der Waals surface area contributed by atoms with E-state index in [1.54, 1.807) is 10.6 Å². The molecular formula is C15H13F2NO. The number of rotatable bonds is 1. The fourth-order valence-electron chi connectivity index (χ4n) is 2.73. The highest BCUT2D eigenvalue weighted by Crippen LogP contribution is 2.29. The maximum Gasteiger partial charge on any atom is 0.164 e. The van der Waals surface area contributed by atoms with E-state index in [2.05, 4.69) is 0 Å². The topological polar surface area (TPSA) is 22.0 Å². The number of benzene rings is 1. The van der Waals surface area contributed by atoms with Gasteiger partial charge < -0.3 is 4.57 Å². The fourth-order valence-corrected chi connectivity index (χ4v) is 2.73. The standard InChI is InChI=1S/C15H13F2NO/c1-9-7-11-13(3-2-4-15(11)19)18(9)14-6-5-10(16)8-12(14)17/h5-8H,2-4H2,1H3. The van der Waals surface area contributed by atoms with Gasteiger partial charge in [0, 0.05) is 29.4 Å². The number of ketones is 1. The van der Waals surface area contributed by atoms with Gasteiger partial charge in [0.15, 0.2) is 5.78 Å². The Balaban J connectivity index is 2.23. The van der Waals surface area contributed by atoms with Crippen LogP contribution in [-0.2, 0) is 6.42 Å². The van der Waals surface area contributed by atoms with Crippen molar-refractivity contribution in [2.24, 2.45) is 0 Å². The van der Waals surface area contributed by atoms with Crippen molar-refractivity contribution >= 4 is 5.78 Å². The lowest BCUT2D eigenvalue weighted by molar-refractivity contribution is 0.0972. The number of Topliss-reactive ketones (excluding diaryl/α,β-unsaturated/α-hetero) is 1. The van der Waals surface area contributed by atoms with Crippen molar-refractivity contribution in [3.63, 3.8) is 0 Å². The van der Waals surface area contributed by atoms with Crippen LogP contribution < -0.4 is 0 Å². The zero-order valence-corrected chi connectivity index (χ0v) is 10.5. The Bertz CT molecular complexity index is 673. The maximum atomic E-state index is 13.9. The number of halogens is 2. The van der Waals surface area contributed by atoms with Gasteiger partial charge in [-0.05, 0) is 38.0 Å². The van der Waals surface area contributed by atoms with Crippen LogP contribution in [0.3, 0.4) is 0 Å². The van der Waals surface area contributed by atoms with E-state index in [0.29, 0.717) is 17.7 Å². The first-order valence-electron chi connectivity index (χ1n) is 6.28. The third-order valence-corrected chi connectivity index (χ3v) is 3.56. The van der Waals surface area contributed by atoms with Gasteiger partial charge in [0.2, 0.25) is 0 Å². The van der Waals surface area contributed by atoms with E-state index in [-0.39, 0.29) is 5.78 Å². The summed E-state index contributed by atoms with van der Waals surface area (Å²) in [5, 5.41) is 0. The average Bonchev–Trinajstić information content (AvgIpc) is 2.68. The highest BCUT2D eigenvalue weighted by Gasteiger charge is 2.24. The van der Waals surface area contributed by atoms with Crippen LogP contribution in [0.15, 0.2) is 24.3 Å². The fraction of sp³-hybridized carbons (Fsp3) is 0.267. The first-order chi connectivity index (χ1) is 9.08. The second-order valence-electron chi connectivity index (χ2n) is 4.85. The molecule has 1 heterocycles. The largest absolute Gasteiger partial charge is 0.315 e. The van der Waals surface area contributed by atoms with Gasteiger partial charge in [0.05, 0.1) is 5.69 Å². The van der Waals surface area contributed by atoms with Crippen LogP contribution in [0.5, 0.6) is 0 Å². The van der Waals surface area contributed by atoms with Crippen molar-refractivity contribution in [1.82, 2.24) is 4.57 Å². The van der Waals surface area contributed by atoms with Gasteiger partial charge in [-0.25, -0.2) is 8.78 Å². The van der Waals surface area contributed by atoms with Gasteiger partial charge in [0.1, 0.15) is 11.6 Å². The van der Waals surface area contributed by atoms with Gasteiger partial charge in [-0.2, -0.15) is 0 Å². The van der Waals surface area contributed by atoms with Crippen LogP contribution in [0.4, 0.5) is 8.78 Å². The summed E-state index contributed by atoms with van der Waals surface area (Å²) in [6.45, 7) is 1.83. The number of fused-ring (bicyclic) bond motifs is 1. The molecule has 2 nitrogen and oxygen atoms in total. The summed E-state index contributed by atoms with van der Waals surface area (Å²) in [5.41, 5.74) is 2.60. The Hall–Kier alpha value is -1.97. The molecule has 4 heteroatoms. The molecule has 0 saturated carbocycles. The Morgan fingerprint density at radius 1 is 1.16 bits per heavy atom. The van der Waals surface area contributed by atoms with Gasteiger partial charge in [-0.3, -0.25) is 4.79 Å². The molecule has 0 amide bonds. The van der Waals surface area contributed by atoms with E-state index in [9.17, 15) is 13.6 Å². The Labute approximate surface area is 109 Å². The third kappa shape index (κ3) is 1.87. The first-order valence-corrected chi connectivity index (χ1v) is 6.28. The van der Waals surface area contributed by atoms with E-state index in [0.717, 1.165) is 30.3 Å². The summed E-state index contributed by atoms with van der Waals surface area (Å²) in [6.07, 6.45) is 2.06. The number of hydrogen-bond acceptors (Lipinski definition) is 1. The van der Waals surface area contributed by atoms with Crippen molar-refractivity contribution < 1.29 is 13.6 Å². The highest BCUT2D eigenvalue weighted by atomic mass is 19.1. The summed E-state index contributed by atoms with van der Waals surface area (Å²) in [7, 11) is 0. The molecule has 0 unspecified atom stereocenters. The summed E-state index contributed by atoms with van der Waals surface area (Å²) < 4.78 is 28.6. The van der Waals surface area contributed by atoms with Crippen molar-refractivity contribution in [1.29, 1.82) is 0 Å². The molecule has 0 N–H and O–H groups in total. The van der Waals surface area contributed by atoms with Crippen LogP contribution in [0.25, 0.3) is 5.69 Å². The highest BCUT2D eigenvalue weighted by molar-refractivity contribution is 5.98. The Morgan fingerprint density at radius 3 is 2.68 bits per heavy atom. The quantitative estimate of drug-likeness (QED) is 0.769. The molecule has 0 bridgehead atoms. The van der Waals surface area contributed by atoms with Gasteiger partial charge in [0.25, 0.3) is 0 Å². The number of nitrogens with zero attached hydrogens (tertiary/aromatic N) is 1. The van der Waals surface area contributed by atoms with Crippen molar-refractivity contribution in [3.05, 3.63) is 52.9 Å². The lowest BCUT2D eigenvalue weighted by Crippen LogP contribution is -2.13. The normalized spacial score (nSPS) is 14.6. The molecule has 0 radical (unpaired) electrons. The average molecular weight is 261 g/mol. The molecular weight excluding hydrogens is 248 g/mol. The molecule has 0 atom stereocenters. The molecule has 0 fully saturated rings. The third-order valence-electron chi connectivity index (χ3n) is 3.56. The SMILES string of the molecule is Cc1cc2c(n1-c1ccc(F)cc1F)CCCC2=O. The molecule has 1 aromatic heterocycles. The predicted molar refractivity (Wildman–Crippen MR) is 67.7 cm³/mol. The van der Waals surface area contributed by atoms with Crippen LogP contribution >= 0.6 is 0 Å². The predicted octanol–water partition coefficient (Wildman–Crippen LogP) is 3.58. The van der Waals surface area contributed by atoms with E-state index >= 15 is 0 Å². The molecule has 98 valence electrons. The van der Waals surface area contributed by atoms with E-state index in [4.69, 9.17) is 0 Å². The maximum absolute atomic E-state index is 13.9. The molecule has 3 rings (SSSR count). The first kappa shape index (κ1) is 12.1. The van der Waals surface area contributed by atoms with Crippen molar-refractivity contribution in [2.45, 2.75) is 26.2 Å². The molecule has 1 aliphatic carbocycles. The zero-order chi connectivity index (χ0) is 13.6. The number of aryl methyl sites for hydroxylation is 1. The minimum atomic E-state index is -0.612. The van der Waals surface area contributed by atoms with Crippen LogP contribution in [0.1, 0.15) is 34.6 Å². The van der Waals surface area contributed by atoms with Crippen LogP contribution in [0.2, 0.25) is 0 Å². The van der Waals surface area contributed by atoms with E-state index in [1.807, 2.05) is 6.92 Å². The minimum absolute atomic E-state index is 0.102. The lowest BCUT2D eigenvalue weighted by Gasteiger charge is -2.16. The molecule has 1 aromatic carbocycles. The second-order valence-corrected chi connectivity index (χ2v) is 4.85. The van der Waals surface area contributed by atoms with Crippen molar-refractivity contribution in [3.8, 4) is 5.69 Å². The summed E-state index contributed by atoms with van der Waals surface area (Å²) in [6, 6.07) is 5.30. The van der Waals surface area contributed by atoms with Gasteiger partial charge in [-0.15, -0.1) is 0 Å². The summed E-state index contributed by atoms with van der Waals surface area (Å²) in [5.74, 6) is -1.11. The second kappa shape index (κ2) is 4.30. The molecule has 0 aliphatic heterocycles. The monoisotopic (exact) mass is 261 g/mol. The minimum Gasteiger partial charge on any atom is -0.315 e. The smallest absolute Gasteiger partial charge is 0.164 e.